The van der Waals surface area contributed by atoms with Crippen molar-refractivity contribution in [1.82, 2.24) is 19.5 Å². The van der Waals surface area contributed by atoms with Gasteiger partial charge < -0.3 is 4.57 Å². The summed E-state index contributed by atoms with van der Waals surface area (Å²) in [6, 6.07) is 50.5. The zero-order chi connectivity index (χ0) is 28.6. The molecule has 0 N–H and O–H groups in total. The molecule has 3 heterocycles. The van der Waals surface area contributed by atoms with Gasteiger partial charge in [0.1, 0.15) is 0 Å². The average Bonchev–Trinajstić information content (AvgIpc) is 3.43. The Morgan fingerprint density at radius 3 is 1.74 bits per heavy atom. The summed E-state index contributed by atoms with van der Waals surface area (Å²) in [5, 5.41) is 2.50. The number of fused-ring (bicyclic) bond motifs is 3. The fraction of sp³-hybridized carbons (Fsp3) is 0. The number of aromatic nitrogens is 4. The van der Waals surface area contributed by atoms with Crippen molar-refractivity contribution < 1.29 is 0 Å². The maximum atomic E-state index is 5.08. The molecule has 43 heavy (non-hydrogen) atoms. The predicted molar refractivity (Wildman–Crippen MR) is 176 cm³/mol. The summed E-state index contributed by atoms with van der Waals surface area (Å²) in [4.78, 5) is 14.5. The summed E-state index contributed by atoms with van der Waals surface area (Å²) >= 11 is 0. The van der Waals surface area contributed by atoms with Crippen molar-refractivity contribution in [1.29, 1.82) is 0 Å². The number of hydrogen-bond acceptors (Lipinski definition) is 3. The van der Waals surface area contributed by atoms with Crippen LogP contribution in [-0.2, 0) is 0 Å². The van der Waals surface area contributed by atoms with Gasteiger partial charge in [-0.1, -0.05) is 109 Å². The van der Waals surface area contributed by atoms with E-state index in [2.05, 4.69) is 131 Å². The summed E-state index contributed by atoms with van der Waals surface area (Å²) in [6.45, 7) is 0. The minimum absolute atomic E-state index is 0.695. The van der Waals surface area contributed by atoms with Gasteiger partial charge in [-0.2, -0.15) is 0 Å². The van der Waals surface area contributed by atoms with Crippen LogP contribution in [0.4, 0.5) is 0 Å². The van der Waals surface area contributed by atoms with Crippen LogP contribution in [0.3, 0.4) is 0 Å². The number of benzene rings is 5. The largest absolute Gasteiger partial charge is 0.309 e. The van der Waals surface area contributed by atoms with Gasteiger partial charge in [0.25, 0.3) is 0 Å². The molecule has 3 aromatic heterocycles. The van der Waals surface area contributed by atoms with E-state index in [1.807, 2.05) is 30.5 Å². The number of nitrogens with zero attached hydrogens (tertiary/aromatic N) is 4. The van der Waals surface area contributed by atoms with E-state index in [0.29, 0.717) is 5.82 Å². The Hall–Kier alpha value is -5.87. The fourth-order valence-electron chi connectivity index (χ4n) is 5.91. The van der Waals surface area contributed by atoms with Crippen LogP contribution >= 0.6 is 0 Å². The molecule has 8 aromatic rings. The average molecular weight is 551 g/mol. The lowest BCUT2D eigenvalue weighted by molar-refractivity contribution is 1.17. The molecule has 0 radical (unpaired) electrons. The molecule has 0 aliphatic carbocycles. The Balaban J connectivity index is 1.28. The fourth-order valence-corrected chi connectivity index (χ4v) is 5.91. The summed E-state index contributed by atoms with van der Waals surface area (Å²) in [6.07, 6.45) is 3.69. The van der Waals surface area contributed by atoms with Crippen molar-refractivity contribution in [3.8, 4) is 50.7 Å². The van der Waals surface area contributed by atoms with Crippen LogP contribution in [0.2, 0.25) is 0 Å². The van der Waals surface area contributed by atoms with Crippen molar-refractivity contribution in [3.05, 3.63) is 158 Å². The maximum Gasteiger partial charge on any atom is 0.160 e. The third-order valence-corrected chi connectivity index (χ3v) is 7.94. The van der Waals surface area contributed by atoms with Gasteiger partial charge in [-0.05, 0) is 42.0 Å². The second kappa shape index (κ2) is 10.5. The van der Waals surface area contributed by atoms with Crippen LogP contribution < -0.4 is 0 Å². The van der Waals surface area contributed by atoms with Crippen LogP contribution in [0.5, 0.6) is 0 Å². The number of pyridine rings is 1. The monoisotopic (exact) mass is 550 g/mol. The summed E-state index contributed by atoms with van der Waals surface area (Å²) in [5.74, 6) is 0.695. The van der Waals surface area contributed by atoms with Gasteiger partial charge in [0.15, 0.2) is 5.82 Å². The molecule has 0 bridgehead atoms. The Morgan fingerprint density at radius 2 is 1.05 bits per heavy atom. The topological polar surface area (TPSA) is 43.6 Å². The standard InChI is InChI=1S/C39H26N4/c1-2-11-28(12-3-1)39-41-35(25-36(42-39)32-15-5-4-14-31(32)29-13-10-24-40-26-29)27-20-22-30(23-21-27)43-37-18-8-6-16-33(37)34-17-7-9-19-38(34)43/h1-26H. The van der Waals surface area contributed by atoms with Gasteiger partial charge >= 0.3 is 0 Å². The van der Waals surface area contributed by atoms with Crippen LogP contribution in [0.25, 0.3) is 72.5 Å². The number of para-hydroxylation sites is 2. The lowest BCUT2D eigenvalue weighted by Gasteiger charge is -2.13. The molecular weight excluding hydrogens is 524 g/mol. The Morgan fingerprint density at radius 1 is 0.442 bits per heavy atom. The minimum Gasteiger partial charge on any atom is -0.309 e. The first kappa shape index (κ1) is 24.9. The Labute approximate surface area is 249 Å². The highest BCUT2D eigenvalue weighted by Crippen LogP contribution is 2.35. The van der Waals surface area contributed by atoms with E-state index >= 15 is 0 Å². The first-order chi connectivity index (χ1) is 21.3. The number of hydrogen-bond donors (Lipinski definition) is 0. The van der Waals surface area contributed by atoms with Crippen LogP contribution in [0.1, 0.15) is 0 Å². The van der Waals surface area contributed by atoms with E-state index < -0.39 is 0 Å². The van der Waals surface area contributed by atoms with Crippen molar-refractivity contribution in [2.24, 2.45) is 0 Å². The molecule has 8 rings (SSSR count). The van der Waals surface area contributed by atoms with Crippen LogP contribution in [-0.4, -0.2) is 19.5 Å². The quantitative estimate of drug-likeness (QED) is 0.214. The maximum absolute atomic E-state index is 5.08. The molecule has 0 amide bonds. The third kappa shape index (κ3) is 4.46. The smallest absolute Gasteiger partial charge is 0.160 e. The van der Waals surface area contributed by atoms with Crippen LogP contribution in [0, 0.1) is 0 Å². The van der Waals surface area contributed by atoms with Crippen molar-refractivity contribution in [2.45, 2.75) is 0 Å². The van der Waals surface area contributed by atoms with Gasteiger partial charge in [-0.15, -0.1) is 0 Å². The first-order valence-corrected chi connectivity index (χ1v) is 14.4. The molecule has 0 saturated heterocycles. The second-order valence-electron chi connectivity index (χ2n) is 10.5. The van der Waals surface area contributed by atoms with Crippen LogP contribution in [0.15, 0.2) is 158 Å². The summed E-state index contributed by atoms with van der Waals surface area (Å²) in [7, 11) is 0. The van der Waals surface area contributed by atoms with Gasteiger partial charge in [0.2, 0.25) is 0 Å². The molecule has 202 valence electrons. The minimum atomic E-state index is 0.695. The lowest BCUT2D eigenvalue weighted by atomic mass is 9.97. The molecule has 0 saturated carbocycles. The SMILES string of the molecule is c1ccc(-c2nc(-c3ccc(-n4c5ccccc5c5ccccc54)cc3)cc(-c3ccccc3-c3cccnc3)n2)cc1. The van der Waals surface area contributed by atoms with Gasteiger partial charge in [0, 0.05) is 51.1 Å². The highest BCUT2D eigenvalue weighted by atomic mass is 15.0. The van der Waals surface area contributed by atoms with E-state index in [9.17, 15) is 0 Å². The molecular formula is C39H26N4. The van der Waals surface area contributed by atoms with Crippen molar-refractivity contribution in [3.63, 3.8) is 0 Å². The van der Waals surface area contributed by atoms with E-state index in [4.69, 9.17) is 9.97 Å². The van der Waals surface area contributed by atoms with Crippen molar-refractivity contribution >= 4 is 21.8 Å². The highest BCUT2D eigenvalue weighted by molar-refractivity contribution is 6.09. The lowest BCUT2D eigenvalue weighted by Crippen LogP contribution is -1.98. The van der Waals surface area contributed by atoms with Gasteiger partial charge in [-0.3, -0.25) is 4.98 Å². The van der Waals surface area contributed by atoms with E-state index in [1.165, 1.54) is 21.8 Å². The number of rotatable bonds is 5. The predicted octanol–water partition coefficient (Wildman–Crippen LogP) is 9.64. The zero-order valence-electron chi connectivity index (χ0n) is 23.3. The molecule has 0 aliphatic heterocycles. The van der Waals surface area contributed by atoms with Crippen molar-refractivity contribution in [2.75, 3.05) is 0 Å². The van der Waals surface area contributed by atoms with E-state index in [0.717, 1.165) is 44.9 Å². The molecule has 0 fully saturated rings. The molecule has 0 spiro atoms. The Kier molecular flexibility index (Phi) is 6.08. The first-order valence-electron chi connectivity index (χ1n) is 14.4. The van der Waals surface area contributed by atoms with Gasteiger partial charge in [0.05, 0.1) is 22.4 Å². The summed E-state index contributed by atoms with van der Waals surface area (Å²) in [5.41, 5.74) is 10.4. The molecule has 4 nitrogen and oxygen atoms in total. The zero-order valence-corrected chi connectivity index (χ0v) is 23.3. The second-order valence-corrected chi connectivity index (χ2v) is 10.5. The van der Waals surface area contributed by atoms with E-state index in [-0.39, 0.29) is 0 Å². The third-order valence-electron chi connectivity index (χ3n) is 7.94. The molecule has 5 aromatic carbocycles. The summed E-state index contributed by atoms with van der Waals surface area (Å²) < 4.78 is 2.33. The normalized spacial score (nSPS) is 11.3. The molecule has 0 atom stereocenters. The van der Waals surface area contributed by atoms with E-state index in [1.54, 1.807) is 6.20 Å². The molecule has 0 aliphatic rings. The molecule has 4 heteroatoms. The van der Waals surface area contributed by atoms with Gasteiger partial charge in [-0.25, -0.2) is 9.97 Å². The Bertz CT molecular complexity index is 2160. The highest BCUT2D eigenvalue weighted by Gasteiger charge is 2.15. The molecule has 0 unspecified atom stereocenters.